The maximum Gasteiger partial charge on any atom is 0.246 e. The second-order valence-corrected chi connectivity index (χ2v) is 8.51. The van der Waals surface area contributed by atoms with Crippen LogP contribution in [0.3, 0.4) is 0 Å². The molecule has 2 aliphatic heterocycles. The van der Waals surface area contributed by atoms with E-state index in [1.807, 2.05) is 23.1 Å². The number of fused-ring (bicyclic) bond motifs is 4. The second kappa shape index (κ2) is 7.31. The van der Waals surface area contributed by atoms with Crippen LogP contribution in [0.2, 0.25) is 0 Å². The van der Waals surface area contributed by atoms with Gasteiger partial charge in [-0.2, -0.15) is 0 Å². The monoisotopic (exact) mass is 401 g/mol. The smallest absolute Gasteiger partial charge is 0.246 e. The average Bonchev–Trinajstić information content (AvgIpc) is 3.12. The van der Waals surface area contributed by atoms with Crippen LogP contribution in [-0.2, 0) is 16.0 Å². The van der Waals surface area contributed by atoms with Crippen LogP contribution in [0.5, 0.6) is 0 Å². The number of H-pyrrole nitrogens is 1. The molecule has 0 spiro atoms. The summed E-state index contributed by atoms with van der Waals surface area (Å²) in [6.07, 6.45) is 2.49. The van der Waals surface area contributed by atoms with Crippen LogP contribution in [0, 0.1) is 6.92 Å². The fourth-order valence-corrected chi connectivity index (χ4v) is 5.05. The Hall–Kier alpha value is -3.08. The summed E-state index contributed by atoms with van der Waals surface area (Å²) in [6.45, 7) is 5.00. The fourth-order valence-electron chi connectivity index (χ4n) is 5.05. The van der Waals surface area contributed by atoms with Gasteiger partial charge in [0.15, 0.2) is 0 Å². The van der Waals surface area contributed by atoms with E-state index in [2.05, 4.69) is 49.2 Å². The molecule has 1 aromatic heterocycles. The van der Waals surface area contributed by atoms with Crippen molar-refractivity contribution in [3.63, 3.8) is 0 Å². The summed E-state index contributed by atoms with van der Waals surface area (Å²) in [5, 5.41) is 1.15. The SMILES string of the molecule is CCCCN1CC(=O)N2[C@@H](c3cccc(C)c3)c3[nH]c4ccccc4c3C[C@H]2C1=O. The molecule has 0 radical (unpaired) electrons. The molecule has 1 saturated heterocycles. The molecule has 0 saturated carbocycles. The average molecular weight is 402 g/mol. The van der Waals surface area contributed by atoms with Crippen molar-refractivity contribution in [1.29, 1.82) is 0 Å². The highest BCUT2D eigenvalue weighted by Crippen LogP contribution is 2.42. The zero-order valence-corrected chi connectivity index (χ0v) is 17.5. The van der Waals surface area contributed by atoms with E-state index in [9.17, 15) is 9.59 Å². The summed E-state index contributed by atoms with van der Waals surface area (Å²) in [5.74, 6) is 0.114. The van der Waals surface area contributed by atoms with Gasteiger partial charge in [-0.05, 0) is 30.5 Å². The van der Waals surface area contributed by atoms with Gasteiger partial charge in [0.2, 0.25) is 11.8 Å². The maximum absolute atomic E-state index is 13.4. The topological polar surface area (TPSA) is 56.4 Å². The predicted molar refractivity (Wildman–Crippen MR) is 117 cm³/mol. The lowest BCUT2D eigenvalue weighted by Gasteiger charge is -2.47. The number of piperazine rings is 1. The number of nitrogens with one attached hydrogen (secondary N) is 1. The van der Waals surface area contributed by atoms with Crippen LogP contribution in [0.25, 0.3) is 10.9 Å². The molecule has 2 aromatic carbocycles. The lowest BCUT2D eigenvalue weighted by atomic mass is 9.86. The third kappa shape index (κ3) is 2.92. The van der Waals surface area contributed by atoms with Gasteiger partial charge in [0.05, 0.1) is 12.6 Å². The number of hydrogen-bond donors (Lipinski definition) is 1. The van der Waals surface area contributed by atoms with E-state index in [0.29, 0.717) is 13.0 Å². The Morgan fingerprint density at radius 3 is 2.73 bits per heavy atom. The third-order valence-corrected chi connectivity index (χ3v) is 6.48. The Morgan fingerprint density at radius 2 is 1.93 bits per heavy atom. The fraction of sp³-hybridized carbons (Fsp3) is 0.360. The number of para-hydroxylation sites is 1. The van der Waals surface area contributed by atoms with Gasteiger partial charge in [-0.25, -0.2) is 0 Å². The normalized spacial score (nSPS) is 21.1. The van der Waals surface area contributed by atoms with Crippen molar-refractivity contribution >= 4 is 22.7 Å². The van der Waals surface area contributed by atoms with Crippen LogP contribution < -0.4 is 0 Å². The van der Waals surface area contributed by atoms with Gasteiger partial charge in [0.1, 0.15) is 6.04 Å². The molecule has 2 aliphatic rings. The van der Waals surface area contributed by atoms with Crippen molar-refractivity contribution in [2.24, 2.45) is 0 Å². The van der Waals surface area contributed by atoms with Crippen LogP contribution in [0.1, 0.15) is 48.2 Å². The van der Waals surface area contributed by atoms with Gasteiger partial charge in [0, 0.05) is 29.6 Å². The van der Waals surface area contributed by atoms with Gasteiger partial charge in [0.25, 0.3) is 0 Å². The molecular weight excluding hydrogens is 374 g/mol. The van der Waals surface area contributed by atoms with Crippen molar-refractivity contribution in [1.82, 2.24) is 14.8 Å². The summed E-state index contributed by atoms with van der Waals surface area (Å²) in [7, 11) is 0. The van der Waals surface area contributed by atoms with Crippen LogP contribution in [0.15, 0.2) is 48.5 Å². The molecule has 0 bridgehead atoms. The molecule has 2 atom stereocenters. The van der Waals surface area contributed by atoms with E-state index >= 15 is 0 Å². The highest BCUT2D eigenvalue weighted by atomic mass is 16.2. The Balaban J connectivity index is 1.67. The molecule has 1 N–H and O–H groups in total. The molecule has 30 heavy (non-hydrogen) atoms. The van der Waals surface area contributed by atoms with Gasteiger partial charge < -0.3 is 14.8 Å². The number of aryl methyl sites for hydroxylation is 1. The summed E-state index contributed by atoms with van der Waals surface area (Å²) in [4.78, 5) is 34.0. The number of carbonyl (C=O) groups excluding carboxylic acids is 2. The first-order chi connectivity index (χ1) is 14.6. The Labute approximate surface area is 176 Å². The first-order valence-electron chi connectivity index (χ1n) is 10.8. The number of amides is 2. The quantitative estimate of drug-likeness (QED) is 0.719. The molecule has 1 fully saturated rings. The first kappa shape index (κ1) is 18.9. The number of nitrogens with zero attached hydrogens (tertiary/aromatic N) is 2. The zero-order chi connectivity index (χ0) is 20.8. The van der Waals surface area contributed by atoms with Gasteiger partial charge in [-0.3, -0.25) is 9.59 Å². The Kier molecular flexibility index (Phi) is 4.61. The minimum atomic E-state index is -0.444. The summed E-state index contributed by atoms with van der Waals surface area (Å²) in [6, 6.07) is 15.8. The van der Waals surface area contributed by atoms with Crippen molar-refractivity contribution in [3.05, 3.63) is 70.9 Å². The largest absolute Gasteiger partial charge is 0.356 e. The number of carbonyl (C=O) groups is 2. The van der Waals surface area contributed by atoms with Crippen LogP contribution >= 0.6 is 0 Å². The van der Waals surface area contributed by atoms with Gasteiger partial charge >= 0.3 is 0 Å². The highest BCUT2D eigenvalue weighted by molar-refractivity contribution is 5.97. The van der Waals surface area contributed by atoms with Crippen molar-refractivity contribution < 1.29 is 9.59 Å². The summed E-state index contributed by atoms with van der Waals surface area (Å²) in [5.41, 5.74) is 5.46. The first-order valence-corrected chi connectivity index (χ1v) is 10.8. The standard InChI is InChI=1S/C25H27N3O2/c1-3-4-12-27-15-22(29)28-21(25(27)30)14-19-18-10-5-6-11-20(18)26-23(19)24(28)17-9-7-8-16(2)13-17/h5-11,13,21,24,26H,3-4,12,14-15H2,1-2H3/t21-,24-/m0/s1. The second-order valence-electron chi connectivity index (χ2n) is 8.51. The number of unbranched alkanes of at least 4 members (excludes halogenated alkanes) is 1. The van der Waals surface area contributed by atoms with E-state index in [0.717, 1.165) is 46.1 Å². The lowest BCUT2D eigenvalue weighted by Crippen LogP contribution is -2.63. The molecule has 0 aliphatic carbocycles. The molecule has 0 unspecified atom stereocenters. The van der Waals surface area contributed by atoms with Crippen molar-refractivity contribution in [2.45, 2.75) is 45.2 Å². The number of rotatable bonds is 4. The number of hydrogen-bond acceptors (Lipinski definition) is 2. The van der Waals surface area contributed by atoms with Crippen molar-refractivity contribution in [2.75, 3.05) is 13.1 Å². The van der Waals surface area contributed by atoms with Crippen LogP contribution in [-0.4, -0.2) is 45.7 Å². The molecular formula is C25H27N3O2. The number of benzene rings is 2. The predicted octanol–water partition coefficient (Wildman–Crippen LogP) is 3.96. The van der Waals surface area contributed by atoms with E-state index in [1.165, 1.54) is 0 Å². The molecule has 154 valence electrons. The minimum absolute atomic E-state index is 0.0338. The maximum atomic E-state index is 13.4. The Bertz CT molecular complexity index is 1130. The van der Waals surface area contributed by atoms with E-state index in [-0.39, 0.29) is 24.4 Å². The zero-order valence-electron chi connectivity index (χ0n) is 17.5. The molecule has 2 amide bonds. The van der Waals surface area contributed by atoms with E-state index in [1.54, 1.807) is 4.90 Å². The number of aromatic nitrogens is 1. The lowest BCUT2D eigenvalue weighted by molar-refractivity contribution is -0.158. The third-order valence-electron chi connectivity index (χ3n) is 6.48. The van der Waals surface area contributed by atoms with Gasteiger partial charge in [-0.1, -0.05) is 61.4 Å². The number of aromatic amines is 1. The summed E-state index contributed by atoms with van der Waals surface area (Å²) >= 11 is 0. The Morgan fingerprint density at radius 1 is 1.10 bits per heavy atom. The molecule has 5 nitrogen and oxygen atoms in total. The van der Waals surface area contributed by atoms with Crippen LogP contribution in [0.4, 0.5) is 0 Å². The highest BCUT2D eigenvalue weighted by Gasteiger charge is 2.47. The summed E-state index contributed by atoms with van der Waals surface area (Å²) < 4.78 is 0. The molecule has 3 heterocycles. The van der Waals surface area contributed by atoms with Crippen molar-refractivity contribution in [3.8, 4) is 0 Å². The van der Waals surface area contributed by atoms with E-state index in [4.69, 9.17) is 0 Å². The minimum Gasteiger partial charge on any atom is -0.356 e. The molecule has 5 heteroatoms. The molecule has 5 rings (SSSR count). The van der Waals surface area contributed by atoms with E-state index < -0.39 is 6.04 Å². The van der Waals surface area contributed by atoms with Gasteiger partial charge in [-0.15, -0.1) is 0 Å². The molecule has 3 aromatic rings.